The topological polar surface area (TPSA) is 105 Å². The molecule has 4 N–H and O–H groups in total. The van der Waals surface area contributed by atoms with Crippen LogP contribution < -0.4 is 11.1 Å². The van der Waals surface area contributed by atoms with Gasteiger partial charge in [0, 0.05) is 17.0 Å². The quantitative estimate of drug-likeness (QED) is 0.260. The van der Waals surface area contributed by atoms with Gasteiger partial charge in [-0.05, 0) is 72.9 Å². The lowest BCUT2D eigenvalue weighted by Gasteiger charge is -2.11. The van der Waals surface area contributed by atoms with E-state index < -0.39 is 11.9 Å². The number of amides is 1. The maximum absolute atomic E-state index is 12.5. The molecular formula is C27H31N3O3. The molecule has 0 saturated carbocycles. The Hall–Kier alpha value is -3.93. The summed E-state index contributed by atoms with van der Waals surface area (Å²) in [7, 11) is 0. The fraction of sp³-hybridized carbons (Fsp3) is 0.222. The van der Waals surface area contributed by atoms with E-state index in [1.807, 2.05) is 19.1 Å². The molecule has 2 rings (SSSR count). The molecule has 0 aliphatic carbocycles. The molecule has 6 nitrogen and oxygen atoms in total. The van der Waals surface area contributed by atoms with Crippen molar-refractivity contribution in [1.29, 1.82) is 0 Å². The molecule has 6 heteroatoms. The lowest BCUT2D eigenvalue weighted by atomic mass is 9.98. The van der Waals surface area contributed by atoms with E-state index in [4.69, 9.17) is 15.8 Å². The number of nitrogens with one attached hydrogen (secondary N) is 1. The molecule has 0 saturated heterocycles. The van der Waals surface area contributed by atoms with Gasteiger partial charge >= 0.3 is 5.97 Å². The average Bonchev–Trinajstić information content (AvgIpc) is 2.82. The average molecular weight is 446 g/mol. The van der Waals surface area contributed by atoms with Gasteiger partial charge in [-0.3, -0.25) is 9.79 Å². The number of allylic oxidation sites excluding steroid dienone is 3. The van der Waals surface area contributed by atoms with Crippen molar-refractivity contribution in [3.05, 3.63) is 95.2 Å². The van der Waals surface area contributed by atoms with Crippen molar-refractivity contribution in [2.45, 2.75) is 40.0 Å². The number of carbonyl (C=O) groups is 2. The van der Waals surface area contributed by atoms with E-state index in [0.29, 0.717) is 17.8 Å². The molecule has 0 fully saturated rings. The Balaban J connectivity index is 2.29. The Bertz CT molecular complexity index is 1110. The van der Waals surface area contributed by atoms with E-state index in [-0.39, 0.29) is 11.3 Å². The summed E-state index contributed by atoms with van der Waals surface area (Å²) in [6, 6.07) is 12.2. The zero-order chi connectivity index (χ0) is 24.4. The second kappa shape index (κ2) is 12.2. The fourth-order valence-electron chi connectivity index (χ4n) is 3.28. The number of hydrogen-bond donors (Lipinski definition) is 3. The van der Waals surface area contributed by atoms with E-state index in [9.17, 15) is 9.59 Å². The van der Waals surface area contributed by atoms with Crippen LogP contribution in [0.5, 0.6) is 0 Å². The number of aliphatic imine (C=N–C) groups is 1. The molecule has 33 heavy (non-hydrogen) atoms. The summed E-state index contributed by atoms with van der Waals surface area (Å²) in [5, 5.41) is 11.6. The molecule has 1 amide bonds. The van der Waals surface area contributed by atoms with Crippen LogP contribution in [0.2, 0.25) is 0 Å². The van der Waals surface area contributed by atoms with Crippen molar-refractivity contribution >= 4 is 29.0 Å². The van der Waals surface area contributed by atoms with Crippen molar-refractivity contribution < 1.29 is 14.7 Å². The first kappa shape index (κ1) is 25.3. The standard InChI is InChI=1S/C27H31N3O3/c1-5-9-25(21-11-10-18(6-2)19(7-3)16-21)29-22(8-4)17-24(28)26(31)30-23-14-12-20(13-15-23)27(32)33/h5,9-17H,1,6-8,28H2,2-4H3,(H,30,31)(H,32,33)/b24-17-,25-9-,29-22+. The highest BCUT2D eigenvalue weighted by Gasteiger charge is 2.10. The highest BCUT2D eigenvalue weighted by Crippen LogP contribution is 2.22. The number of aryl methyl sites for hydroxylation is 2. The van der Waals surface area contributed by atoms with Crippen LogP contribution in [-0.4, -0.2) is 22.7 Å². The number of anilines is 1. The van der Waals surface area contributed by atoms with Crippen LogP contribution in [-0.2, 0) is 17.6 Å². The van der Waals surface area contributed by atoms with Gasteiger partial charge in [0.1, 0.15) is 0 Å². The Kier molecular flexibility index (Phi) is 9.36. The molecule has 2 aromatic rings. The van der Waals surface area contributed by atoms with Gasteiger partial charge in [-0.2, -0.15) is 0 Å². The predicted octanol–water partition coefficient (Wildman–Crippen LogP) is 5.37. The second-order valence-corrected chi connectivity index (χ2v) is 7.37. The molecule has 0 spiro atoms. The lowest BCUT2D eigenvalue weighted by Crippen LogP contribution is -2.21. The van der Waals surface area contributed by atoms with Crippen LogP contribution in [0.15, 0.2) is 78.0 Å². The molecule has 0 heterocycles. The molecule has 0 aliphatic rings. The van der Waals surface area contributed by atoms with Crippen molar-refractivity contribution in [2.75, 3.05) is 5.32 Å². The summed E-state index contributed by atoms with van der Waals surface area (Å²) in [5.41, 5.74) is 11.6. The van der Waals surface area contributed by atoms with Gasteiger partial charge < -0.3 is 16.2 Å². The highest BCUT2D eigenvalue weighted by molar-refractivity contribution is 6.09. The van der Waals surface area contributed by atoms with Crippen molar-refractivity contribution in [1.82, 2.24) is 0 Å². The van der Waals surface area contributed by atoms with E-state index in [1.54, 1.807) is 12.2 Å². The first-order valence-electron chi connectivity index (χ1n) is 11.0. The normalized spacial score (nSPS) is 12.4. The van der Waals surface area contributed by atoms with Crippen molar-refractivity contribution in [2.24, 2.45) is 10.7 Å². The minimum Gasteiger partial charge on any atom is -0.478 e. The molecule has 0 bridgehead atoms. The fourth-order valence-corrected chi connectivity index (χ4v) is 3.28. The van der Waals surface area contributed by atoms with Gasteiger partial charge in [-0.25, -0.2) is 4.79 Å². The van der Waals surface area contributed by atoms with E-state index in [2.05, 4.69) is 37.9 Å². The Morgan fingerprint density at radius 3 is 2.21 bits per heavy atom. The summed E-state index contributed by atoms with van der Waals surface area (Å²) >= 11 is 0. The van der Waals surface area contributed by atoms with Crippen LogP contribution >= 0.6 is 0 Å². The van der Waals surface area contributed by atoms with Crippen molar-refractivity contribution in [3.63, 3.8) is 0 Å². The summed E-state index contributed by atoms with van der Waals surface area (Å²) in [6.45, 7) is 10.0. The minimum atomic E-state index is -1.03. The van der Waals surface area contributed by atoms with Gasteiger partial charge in [-0.1, -0.05) is 45.6 Å². The Morgan fingerprint density at radius 1 is 1.03 bits per heavy atom. The van der Waals surface area contributed by atoms with Crippen LogP contribution in [0.1, 0.15) is 54.2 Å². The lowest BCUT2D eigenvalue weighted by molar-refractivity contribution is -0.112. The number of benzene rings is 2. The summed E-state index contributed by atoms with van der Waals surface area (Å²) in [6.07, 6.45) is 7.56. The molecule has 0 unspecified atom stereocenters. The van der Waals surface area contributed by atoms with Gasteiger partial charge in [0.15, 0.2) is 0 Å². The van der Waals surface area contributed by atoms with E-state index >= 15 is 0 Å². The summed E-state index contributed by atoms with van der Waals surface area (Å²) in [5.74, 6) is -1.52. The number of carboxylic acids is 1. The van der Waals surface area contributed by atoms with E-state index in [1.165, 1.54) is 35.4 Å². The van der Waals surface area contributed by atoms with Gasteiger partial charge in [0.2, 0.25) is 0 Å². The molecule has 172 valence electrons. The molecule has 0 aromatic heterocycles. The van der Waals surface area contributed by atoms with Crippen molar-refractivity contribution in [3.8, 4) is 0 Å². The highest BCUT2D eigenvalue weighted by atomic mass is 16.4. The molecule has 0 atom stereocenters. The van der Waals surface area contributed by atoms with E-state index in [0.717, 1.165) is 24.1 Å². The first-order valence-corrected chi connectivity index (χ1v) is 11.0. The third kappa shape index (κ3) is 7.04. The zero-order valence-corrected chi connectivity index (χ0v) is 19.4. The number of hydrogen-bond acceptors (Lipinski definition) is 4. The number of rotatable bonds is 10. The predicted molar refractivity (Wildman–Crippen MR) is 135 cm³/mol. The Labute approximate surface area is 195 Å². The first-order chi connectivity index (χ1) is 15.8. The smallest absolute Gasteiger partial charge is 0.335 e. The van der Waals surface area contributed by atoms with Gasteiger partial charge in [-0.15, -0.1) is 0 Å². The third-order valence-electron chi connectivity index (χ3n) is 5.14. The van der Waals surface area contributed by atoms with Crippen LogP contribution in [0.3, 0.4) is 0 Å². The monoisotopic (exact) mass is 445 g/mol. The SMILES string of the molecule is C=C\C=C(/N=C(/C=C(\N)C(=O)Nc1ccc(C(=O)O)cc1)CC)c1ccc(CC)c(CC)c1. The maximum Gasteiger partial charge on any atom is 0.335 e. The van der Waals surface area contributed by atoms with Crippen LogP contribution in [0, 0.1) is 0 Å². The molecule has 0 aliphatic heterocycles. The Morgan fingerprint density at radius 2 is 1.67 bits per heavy atom. The summed E-state index contributed by atoms with van der Waals surface area (Å²) in [4.78, 5) is 28.2. The van der Waals surface area contributed by atoms with Crippen LogP contribution in [0.25, 0.3) is 5.70 Å². The summed E-state index contributed by atoms with van der Waals surface area (Å²) < 4.78 is 0. The number of nitrogens with zero attached hydrogens (tertiary/aromatic N) is 1. The molecule has 2 aromatic carbocycles. The minimum absolute atomic E-state index is 0.00597. The van der Waals surface area contributed by atoms with Crippen LogP contribution in [0.4, 0.5) is 5.69 Å². The van der Waals surface area contributed by atoms with Gasteiger partial charge in [0.05, 0.1) is 17.0 Å². The number of nitrogens with two attached hydrogens (primary N) is 1. The second-order valence-electron chi connectivity index (χ2n) is 7.37. The largest absolute Gasteiger partial charge is 0.478 e. The number of aromatic carboxylic acids is 1. The third-order valence-corrected chi connectivity index (χ3v) is 5.14. The maximum atomic E-state index is 12.5. The zero-order valence-electron chi connectivity index (χ0n) is 19.4. The number of carbonyl (C=O) groups excluding carboxylic acids is 1. The van der Waals surface area contributed by atoms with Gasteiger partial charge in [0.25, 0.3) is 5.91 Å². The molecule has 0 radical (unpaired) electrons. The number of carboxylic acid groups (broad SMARTS) is 1. The molecular weight excluding hydrogens is 414 g/mol.